The van der Waals surface area contributed by atoms with Gasteiger partial charge in [0.2, 0.25) is 5.91 Å². The molecule has 0 radical (unpaired) electrons. The Morgan fingerprint density at radius 2 is 2.00 bits per heavy atom. The van der Waals surface area contributed by atoms with Crippen LogP contribution in [0.1, 0.15) is 15.9 Å². The van der Waals surface area contributed by atoms with Crippen molar-refractivity contribution < 1.29 is 28.6 Å². The molecule has 1 amide bonds. The van der Waals surface area contributed by atoms with Crippen molar-refractivity contribution in [2.45, 2.75) is 6.61 Å². The number of pyridine rings is 1. The Kier molecular flexibility index (Phi) is 6.07. The first-order valence-electron chi connectivity index (χ1n) is 5.32. The van der Waals surface area contributed by atoms with Crippen molar-refractivity contribution in [3.05, 3.63) is 29.6 Å². The summed E-state index contributed by atoms with van der Waals surface area (Å²) in [4.78, 5) is 31.8. The van der Waals surface area contributed by atoms with Crippen molar-refractivity contribution >= 4 is 13.5 Å². The number of rotatable bonds is 8. The molecule has 19 heavy (non-hydrogen) atoms. The van der Waals surface area contributed by atoms with Gasteiger partial charge in [-0.2, -0.15) is 0 Å². The Balaban J connectivity index is 2.24. The lowest BCUT2D eigenvalue weighted by Gasteiger charge is -2.07. The average Bonchev–Trinajstić information content (AvgIpc) is 2.32. The molecule has 0 saturated carbocycles. The first-order valence-corrected chi connectivity index (χ1v) is 7.12. The van der Waals surface area contributed by atoms with Crippen molar-refractivity contribution in [3.63, 3.8) is 0 Å². The van der Waals surface area contributed by atoms with E-state index in [2.05, 4.69) is 4.98 Å². The maximum atomic E-state index is 10.9. The molecule has 0 atom stereocenters. The van der Waals surface area contributed by atoms with Crippen molar-refractivity contribution in [2.24, 2.45) is 5.73 Å². The quantitative estimate of drug-likeness (QED) is 0.448. The maximum Gasteiger partial charge on any atom is 0.350 e. The largest absolute Gasteiger partial charge is 0.374 e. The molecule has 1 aromatic rings. The number of aromatic nitrogens is 1. The van der Waals surface area contributed by atoms with Crippen LogP contribution in [0, 0.1) is 0 Å². The van der Waals surface area contributed by atoms with E-state index < -0.39 is 19.9 Å². The summed E-state index contributed by atoms with van der Waals surface area (Å²) in [5, 5.41) is 0. The molecule has 4 N–H and O–H groups in total. The molecule has 0 spiro atoms. The second-order valence-corrected chi connectivity index (χ2v) is 5.29. The molecule has 8 nitrogen and oxygen atoms in total. The third-order valence-electron chi connectivity index (χ3n) is 1.98. The predicted octanol–water partition coefficient (Wildman–Crippen LogP) is -0.151. The number of hydrogen-bond acceptors (Lipinski definition) is 5. The Hall–Kier alpha value is -1.31. The van der Waals surface area contributed by atoms with E-state index in [1.54, 1.807) is 6.07 Å². The zero-order valence-corrected chi connectivity index (χ0v) is 11.0. The molecule has 9 heteroatoms. The van der Waals surface area contributed by atoms with Crippen LogP contribution in [-0.2, 0) is 20.6 Å². The van der Waals surface area contributed by atoms with Crippen LogP contribution in [0.3, 0.4) is 0 Å². The van der Waals surface area contributed by atoms with Crippen molar-refractivity contribution in [3.8, 4) is 0 Å². The molecular weight excluding hydrogens is 275 g/mol. The van der Waals surface area contributed by atoms with Gasteiger partial charge in [0.25, 0.3) is 0 Å². The minimum atomic E-state index is -4.13. The zero-order chi connectivity index (χ0) is 14.3. The van der Waals surface area contributed by atoms with Crippen molar-refractivity contribution in [1.82, 2.24) is 4.98 Å². The molecule has 0 aliphatic rings. The van der Waals surface area contributed by atoms with Crippen LogP contribution >= 0.6 is 7.60 Å². The van der Waals surface area contributed by atoms with E-state index in [1.165, 1.54) is 12.4 Å². The van der Waals surface area contributed by atoms with E-state index in [1.807, 2.05) is 0 Å². The number of nitrogens with zero attached hydrogens (tertiary/aromatic N) is 1. The fraction of sp³-hybridized carbons (Fsp3) is 0.400. The summed E-state index contributed by atoms with van der Waals surface area (Å²) in [6.45, 7) is 0.433. The molecule has 0 fully saturated rings. The first-order chi connectivity index (χ1) is 8.88. The molecule has 0 unspecified atom stereocenters. The van der Waals surface area contributed by atoms with Gasteiger partial charge in [-0.25, -0.2) is 0 Å². The number of primary amides is 1. The van der Waals surface area contributed by atoms with Gasteiger partial charge in [0.05, 0.1) is 25.4 Å². The normalized spacial score (nSPS) is 11.5. The first kappa shape index (κ1) is 15.7. The van der Waals surface area contributed by atoms with E-state index in [-0.39, 0.29) is 19.8 Å². The topological polar surface area (TPSA) is 132 Å². The summed E-state index contributed by atoms with van der Waals surface area (Å²) >= 11 is 0. The van der Waals surface area contributed by atoms with Gasteiger partial charge in [0.1, 0.15) is 6.35 Å². The van der Waals surface area contributed by atoms with Crippen molar-refractivity contribution in [2.75, 3.05) is 19.6 Å². The second kappa shape index (κ2) is 7.32. The number of amides is 1. The highest BCUT2D eigenvalue weighted by Gasteiger charge is 2.11. The van der Waals surface area contributed by atoms with Crippen LogP contribution in [0.5, 0.6) is 0 Å². The van der Waals surface area contributed by atoms with E-state index in [0.717, 1.165) is 0 Å². The van der Waals surface area contributed by atoms with Crippen LogP contribution in [0.15, 0.2) is 18.5 Å². The lowest BCUT2D eigenvalue weighted by Crippen LogP contribution is -2.12. The minimum Gasteiger partial charge on any atom is -0.374 e. The molecular formula is C10H15N2O6P. The maximum absolute atomic E-state index is 10.9. The SMILES string of the molecule is NC(=O)c1cncc(COCCOCP(=O)(O)O)c1. The third-order valence-corrected chi connectivity index (χ3v) is 2.50. The van der Waals surface area contributed by atoms with Crippen molar-refractivity contribution in [1.29, 1.82) is 0 Å². The van der Waals surface area contributed by atoms with Gasteiger partial charge in [0.15, 0.2) is 0 Å². The molecule has 1 aromatic heterocycles. The van der Waals surface area contributed by atoms with E-state index in [9.17, 15) is 9.36 Å². The Morgan fingerprint density at radius 1 is 1.32 bits per heavy atom. The lowest BCUT2D eigenvalue weighted by atomic mass is 10.2. The van der Waals surface area contributed by atoms with Gasteiger partial charge in [-0.05, 0) is 11.6 Å². The second-order valence-electron chi connectivity index (χ2n) is 3.70. The van der Waals surface area contributed by atoms with Gasteiger partial charge in [0, 0.05) is 12.4 Å². The number of carbonyl (C=O) groups is 1. The summed E-state index contributed by atoms with van der Waals surface area (Å²) in [7, 11) is -4.13. The van der Waals surface area contributed by atoms with Gasteiger partial charge < -0.3 is 25.0 Å². The van der Waals surface area contributed by atoms with E-state index in [0.29, 0.717) is 11.1 Å². The summed E-state index contributed by atoms with van der Waals surface area (Å²) in [5.41, 5.74) is 6.07. The van der Waals surface area contributed by atoms with E-state index in [4.69, 9.17) is 25.0 Å². The van der Waals surface area contributed by atoms with Gasteiger partial charge in [-0.3, -0.25) is 14.3 Å². The highest BCUT2D eigenvalue weighted by Crippen LogP contribution is 2.33. The average molecular weight is 290 g/mol. The highest BCUT2D eigenvalue weighted by atomic mass is 31.2. The Labute approximate surface area is 109 Å². The van der Waals surface area contributed by atoms with Gasteiger partial charge in [-0.15, -0.1) is 0 Å². The zero-order valence-electron chi connectivity index (χ0n) is 10.1. The monoisotopic (exact) mass is 290 g/mol. The number of ether oxygens (including phenoxy) is 2. The number of nitrogens with two attached hydrogens (primary N) is 1. The summed E-state index contributed by atoms with van der Waals surface area (Å²) in [6, 6.07) is 1.56. The predicted molar refractivity (Wildman–Crippen MR) is 65.3 cm³/mol. The molecule has 0 aliphatic carbocycles. The number of hydrogen-bond donors (Lipinski definition) is 3. The third kappa shape index (κ3) is 7.00. The molecule has 0 saturated heterocycles. The smallest absolute Gasteiger partial charge is 0.350 e. The number of carbonyl (C=O) groups excluding carboxylic acids is 1. The summed E-state index contributed by atoms with van der Waals surface area (Å²) in [5.74, 6) is -0.570. The highest BCUT2D eigenvalue weighted by molar-refractivity contribution is 7.51. The van der Waals surface area contributed by atoms with Gasteiger partial charge >= 0.3 is 7.60 Å². The van der Waals surface area contributed by atoms with Crippen LogP contribution in [0.25, 0.3) is 0 Å². The summed E-state index contributed by atoms with van der Waals surface area (Å²) < 4.78 is 20.4. The Bertz CT molecular complexity index is 475. The fourth-order valence-corrected chi connectivity index (χ4v) is 1.56. The van der Waals surface area contributed by atoms with E-state index >= 15 is 0 Å². The molecule has 1 heterocycles. The Morgan fingerprint density at radius 3 is 2.63 bits per heavy atom. The molecule has 0 aliphatic heterocycles. The van der Waals surface area contributed by atoms with Gasteiger partial charge in [-0.1, -0.05) is 0 Å². The summed E-state index contributed by atoms with van der Waals surface area (Å²) in [6.07, 6.45) is 2.26. The standard InChI is InChI=1S/C10H15N2O6P/c11-10(13)9-3-8(4-12-5-9)6-17-1-2-18-7-19(14,15)16/h3-5H,1-2,6-7H2,(H2,11,13)(H2,14,15,16). The fourth-order valence-electron chi connectivity index (χ4n) is 1.19. The molecule has 106 valence electrons. The van der Waals surface area contributed by atoms with Crippen LogP contribution < -0.4 is 5.73 Å². The minimum absolute atomic E-state index is 0.0635. The molecule has 0 bridgehead atoms. The lowest BCUT2D eigenvalue weighted by molar-refractivity contribution is 0.0511. The van der Waals surface area contributed by atoms with Crippen LogP contribution in [0.4, 0.5) is 0 Å². The molecule has 1 rings (SSSR count). The van der Waals surface area contributed by atoms with Crippen LogP contribution in [-0.4, -0.2) is 40.2 Å². The van der Waals surface area contributed by atoms with Crippen LogP contribution in [0.2, 0.25) is 0 Å². The molecule has 0 aromatic carbocycles.